The molecule has 2 aromatic rings. The van der Waals surface area contributed by atoms with Gasteiger partial charge in [0.05, 0.1) is 19.5 Å². The van der Waals surface area contributed by atoms with Crippen LogP contribution in [0, 0.1) is 6.92 Å². The molecule has 2 fully saturated rings. The monoisotopic (exact) mass is 373 g/mol. The van der Waals surface area contributed by atoms with Crippen LogP contribution in [0.5, 0.6) is 0 Å². The molecule has 0 aliphatic carbocycles. The van der Waals surface area contributed by atoms with Gasteiger partial charge in [-0.15, -0.1) is 0 Å². The van der Waals surface area contributed by atoms with Crippen molar-refractivity contribution in [3.8, 4) is 0 Å². The summed E-state index contributed by atoms with van der Waals surface area (Å²) in [6.07, 6.45) is 3.00. The molecular formula is C19H23N3O5. The molecule has 8 heteroatoms. The van der Waals surface area contributed by atoms with Crippen molar-refractivity contribution < 1.29 is 23.2 Å². The topological polar surface area (TPSA) is 89.0 Å². The smallest absolute Gasteiger partial charge is 0.289 e. The largest absolute Gasteiger partial charge is 0.459 e. The van der Waals surface area contributed by atoms with Crippen molar-refractivity contribution in [2.75, 3.05) is 39.4 Å². The van der Waals surface area contributed by atoms with Gasteiger partial charge in [-0.25, -0.2) is 4.98 Å². The first-order valence-electron chi connectivity index (χ1n) is 9.30. The third-order valence-electron chi connectivity index (χ3n) is 5.18. The van der Waals surface area contributed by atoms with E-state index in [0.29, 0.717) is 62.5 Å². The van der Waals surface area contributed by atoms with E-state index >= 15 is 0 Å². The lowest BCUT2D eigenvalue weighted by atomic mass is 9.96. The molecule has 0 spiro atoms. The van der Waals surface area contributed by atoms with Gasteiger partial charge in [-0.05, 0) is 31.9 Å². The lowest BCUT2D eigenvalue weighted by Gasteiger charge is -2.30. The first-order valence-corrected chi connectivity index (χ1v) is 9.30. The maximum atomic E-state index is 12.7. The Kier molecular flexibility index (Phi) is 4.98. The second kappa shape index (κ2) is 7.56. The van der Waals surface area contributed by atoms with E-state index in [-0.39, 0.29) is 17.7 Å². The van der Waals surface area contributed by atoms with E-state index in [0.717, 1.165) is 12.8 Å². The van der Waals surface area contributed by atoms with E-state index < -0.39 is 0 Å². The number of piperidine rings is 1. The number of nitrogens with zero attached hydrogens (tertiary/aromatic N) is 3. The summed E-state index contributed by atoms with van der Waals surface area (Å²) in [6, 6.07) is 3.39. The van der Waals surface area contributed by atoms with E-state index in [2.05, 4.69) is 4.98 Å². The van der Waals surface area contributed by atoms with Crippen LogP contribution < -0.4 is 0 Å². The molecular weight excluding hydrogens is 350 g/mol. The van der Waals surface area contributed by atoms with E-state index in [1.807, 2.05) is 0 Å². The fourth-order valence-corrected chi connectivity index (χ4v) is 3.59. The number of carbonyl (C=O) groups is 2. The lowest BCUT2D eigenvalue weighted by Crippen LogP contribution is -2.41. The van der Waals surface area contributed by atoms with Crippen LogP contribution in [0.1, 0.15) is 51.5 Å². The lowest BCUT2D eigenvalue weighted by molar-refractivity contribution is 0.0298. The Balaban J connectivity index is 1.40. The van der Waals surface area contributed by atoms with Crippen LogP contribution in [-0.4, -0.2) is 66.0 Å². The number of morpholine rings is 1. The second-order valence-corrected chi connectivity index (χ2v) is 6.91. The third kappa shape index (κ3) is 3.62. The van der Waals surface area contributed by atoms with Crippen LogP contribution in [0.4, 0.5) is 0 Å². The zero-order valence-electron chi connectivity index (χ0n) is 15.3. The van der Waals surface area contributed by atoms with Crippen molar-refractivity contribution in [3.05, 3.63) is 41.5 Å². The van der Waals surface area contributed by atoms with Crippen molar-refractivity contribution in [3.63, 3.8) is 0 Å². The number of furan rings is 1. The van der Waals surface area contributed by atoms with E-state index in [1.54, 1.807) is 28.9 Å². The molecule has 144 valence electrons. The molecule has 0 unspecified atom stereocenters. The van der Waals surface area contributed by atoms with Crippen molar-refractivity contribution in [2.24, 2.45) is 0 Å². The maximum absolute atomic E-state index is 12.7. The van der Waals surface area contributed by atoms with Crippen molar-refractivity contribution in [1.82, 2.24) is 14.8 Å². The van der Waals surface area contributed by atoms with Gasteiger partial charge in [-0.3, -0.25) is 9.59 Å². The molecule has 2 saturated heterocycles. The summed E-state index contributed by atoms with van der Waals surface area (Å²) in [4.78, 5) is 33.1. The standard InChI is InChI=1S/C19H23N3O5/c1-13-16(19(24)22-8-11-25-12-9-22)20-17(27-13)14-4-6-21(7-5-14)18(23)15-3-2-10-26-15/h2-3,10,14H,4-9,11-12H2,1H3. The van der Waals surface area contributed by atoms with Gasteiger partial charge in [0.15, 0.2) is 17.3 Å². The van der Waals surface area contributed by atoms with Crippen LogP contribution in [0.15, 0.2) is 27.2 Å². The first-order chi connectivity index (χ1) is 13.1. The SMILES string of the molecule is Cc1oc(C2CCN(C(=O)c3ccco3)CC2)nc1C(=O)N1CCOCC1. The normalized spacial score (nSPS) is 18.7. The van der Waals surface area contributed by atoms with Crippen molar-refractivity contribution in [2.45, 2.75) is 25.7 Å². The number of rotatable bonds is 3. The maximum Gasteiger partial charge on any atom is 0.289 e. The minimum Gasteiger partial charge on any atom is -0.459 e. The number of oxazole rings is 1. The minimum absolute atomic E-state index is 0.0924. The highest BCUT2D eigenvalue weighted by Gasteiger charge is 2.31. The Hall–Kier alpha value is -2.61. The van der Waals surface area contributed by atoms with Gasteiger partial charge < -0.3 is 23.4 Å². The number of ether oxygens (including phenoxy) is 1. The Labute approximate surface area is 157 Å². The van der Waals surface area contributed by atoms with Gasteiger partial charge in [0.2, 0.25) is 0 Å². The summed E-state index contributed by atoms with van der Waals surface area (Å²) in [5, 5.41) is 0. The Bertz CT molecular complexity index is 799. The predicted octanol–water partition coefficient (Wildman–Crippen LogP) is 2.07. The molecule has 2 amide bonds. The molecule has 0 bridgehead atoms. The van der Waals surface area contributed by atoms with Crippen LogP contribution in [0.25, 0.3) is 0 Å². The van der Waals surface area contributed by atoms with Crippen molar-refractivity contribution >= 4 is 11.8 Å². The summed E-state index contributed by atoms with van der Waals surface area (Å²) in [7, 11) is 0. The van der Waals surface area contributed by atoms with Gasteiger partial charge in [0.25, 0.3) is 11.8 Å². The Morgan fingerprint density at radius 1 is 1.07 bits per heavy atom. The van der Waals surface area contributed by atoms with Gasteiger partial charge in [-0.2, -0.15) is 0 Å². The molecule has 0 saturated carbocycles. The zero-order chi connectivity index (χ0) is 18.8. The molecule has 0 atom stereocenters. The first kappa shape index (κ1) is 17.8. The van der Waals surface area contributed by atoms with Crippen LogP contribution >= 0.6 is 0 Å². The number of likely N-dealkylation sites (tertiary alicyclic amines) is 1. The zero-order valence-corrected chi connectivity index (χ0v) is 15.3. The summed E-state index contributed by atoms with van der Waals surface area (Å²) < 4.78 is 16.3. The number of hydrogen-bond acceptors (Lipinski definition) is 6. The van der Waals surface area contributed by atoms with Crippen LogP contribution in [0.3, 0.4) is 0 Å². The molecule has 8 nitrogen and oxygen atoms in total. The summed E-state index contributed by atoms with van der Waals surface area (Å²) in [5.74, 6) is 1.42. The van der Waals surface area contributed by atoms with E-state index in [1.165, 1.54) is 6.26 Å². The minimum atomic E-state index is -0.101. The third-order valence-corrected chi connectivity index (χ3v) is 5.18. The molecule has 2 aliphatic rings. The molecule has 4 heterocycles. The van der Waals surface area contributed by atoms with E-state index in [9.17, 15) is 9.59 Å². The molecule has 27 heavy (non-hydrogen) atoms. The molecule has 2 aliphatic heterocycles. The van der Waals surface area contributed by atoms with Crippen LogP contribution in [-0.2, 0) is 4.74 Å². The molecule has 0 aromatic carbocycles. The fourth-order valence-electron chi connectivity index (χ4n) is 3.59. The highest BCUT2D eigenvalue weighted by molar-refractivity contribution is 5.93. The number of hydrogen-bond donors (Lipinski definition) is 0. The second-order valence-electron chi connectivity index (χ2n) is 6.91. The average molecular weight is 373 g/mol. The average Bonchev–Trinajstić information content (AvgIpc) is 3.38. The van der Waals surface area contributed by atoms with Crippen molar-refractivity contribution in [1.29, 1.82) is 0 Å². The summed E-state index contributed by atoms with van der Waals surface area (Å²) >= 11 is 0. The molecule has 4 rings (SSSR count). The summed E-state index contributed by atoms with van der Waals surface area (Å²) in [5.41, 5.74) is 0.390. The Morgan fingerprint density at radius 2 is 1.78 bits per heavy atom. The van der Waals surface area contributed by atoms with E-state index in [4.69, 9.17) is 13.6 Å². The van der Waals surface area contributed by atoms with Crippen LogP contribution in [0.2, 0.25) is 0 Å². The molecule has 0 N–H and O–H groups in total. The highest BCUT2D eigenvalue weighted by Crippen LogP contribution is 2.30. The number of aromatic nitrogens is 1. The van der Waals surface area contributed by atoms with Gasteiger partial charge in [0.1, 0.15) is 5.76 Å². The molecule has 2 aromatic heterocycles. The molecule has 0 radical (unpaired) electrons. The van der Waals surface area contributed by atoms with Gasteiger partial charge in [0, 0.05) is 32.1 Å². The number of amides is 2. The number of carbonyl (C=O) groups excluding carboxylic acids is 2. The highest BCUT2D eigenvalue weighted by atomic mass is 16.5. The van der Waals surface area contributed by atoms with Gasteiger partial charge >= 0.3 is 0 Å². The summed E-state index contributed by atoms with van der Waals surface area (Å²) in [6.45, 7) is 5.26. The Morgan fingerprint density at radius 3 is 2.44 bits per heavy atom. The fraction of sp³-hybridized carbons (Fsp3) is 0.526. The quantitative estimate of drug-likeness (QED) is 0.818. The van der Waals surface area contributed by atoms with Gasteiger partial charge in [-0.1, -0.05) is 0 Å². The number of aryl methyl sites for hydroxylation is 1. The predicted molar refractivity (Wildman–Crippen MR) is 94.5 cm³/mol.